The van der Waals surface area contributed by atoms with E-state index in [4.69, 9.17) is 9.47 Å². The first-order chi connectivity index (χ1) is 23.4. The first-order valence-electron chi connectivity index (χ1n) is 14.9. The summed E-state index contributed by atoms with van der Waals surface area (Å²) >= 11 is 1.21. The molecule has 0 unspecified atom stereocenters. The third kappa shape index (κ3) is 7.86. The first-order valence-corrected chi connectivity index (χ1v) is 17.6. The van der Waals surface area contributed by atoms with Crippen LogP contribution in [0.2, 0.25) is 0 Å². The molecule has 18 heteroatoms. The molecule has 2 aliphatic rings. The zero-order chi connectivity index (χ0) is 36.8. The van der Waals surface area contributed by atoms with Crippen LogP contribution in [-0.4, -0.2) is 53.7 Å². The molecule has 6 rings (SSSR count). The van der Waals surface area contributed by atoms with E-state index >= 15 is 0 Å². The maximum Gasteiger partial charge on any atom is 0.417 e. The Kier molecular flexibility index (Phi) is 12.7. The molecular formula is C34H38F6N4O6S2. The van der Waals surface area contributed by atoms with Gasteiger partial charge in [-0.3, -0.25) is 9.59 Å². The zero-order valence-electron chi connectivity index (χ0n) is 27.0. The summed E-state index contributed by atoms with van der Waals surface area (Å²) in [5.74, 6) is 0.279. The number of benzene rings is 2. The van der Waals surface area contributed by atoms with Crippen LogP contribution in [0.25, 0.3) is 22.3 Å². The number of thioether (sulfide) groups is 1. The average Bonchev–Trinajstić information content (AvgIpc) is 3.05. The van der Waals surface area contributed by atoms with E-state index in [0.717, 1.165) is 27.9 Å². The van der Waals surface area contributed by atoms with E-state index < -0.39 is 49.3 Å². The third-order valence-corrected chi connectivity index (χ3v) is 11.4. The van der Waals surface area contributed by atoms with Crippen molar-refractivity contribution in [3.8, 4) is 33.8 Å². The molecule has 0 amide bonds. The molecule has 52 heavy (non-hydrogen) atoms. The lowest BCUT2D eigenvalue weighted by Crippen LogP contribution is -2.24. The van der Waals surface area contributed by atoms with E-state index in [1.807, 2.05) is 0 Å². The largest absolute Gasteiger partial charge is 0.491 e. The molecule has 0 spiro atoms. The molecule has 0 radical (unpaired) electrons. The lowest BCUT2D eigenvalue weighted by Gasteiger charge is -2.24. The maximum atomic E-state index is 13.4. The number of ether oxygens (including phenoxy) is 2. The number of aromatic nitrogens is 4. The van der Waals surface area contributed by atoms with Crippen LogP contribution in [0.4, 0.5) is 26.3 Å². The van der Waals surface area contributed by atoms with E-state index in [2.05, 4.69) is 10.2 Å². The topological polar surface area (TPSA) is 122 Å². The van der Waals surface area contributed by atoms with Gasteiger partial charge < -0.3 is 9.47 Å². The highest BCUT2D eigenvalue weighted by Crippen LogP contribution is 2.46. The number of hydrogen-bond acceptors (Lipinski definition) is 9. The van der Waals surface area contributed by atoms with Gasteiger partial charge in [0.1, 0.15) is 0 Å². The molecular weight excluding hydrogens is 739 g/mol. The lowest BCUT2D eigenvalue weighted by molar-refractivity contribution is -0.140. The molecule has 0 aliphatic carbocycles. The second-order valence-electron chi connectivity index (χ2n) is 11.3. The molecule has 0 bridgehead atoms. The molecule has 0 atom stereocenters. The van der Waals surface area contributed by atoms with Gasteiger partial charge >= 0.3 is 23.5 Å². The van der Waals surface area contributed by atoms with Crippen molar-refractivity contribution in [3.63, 3.8) is 0 Å². The van der Waals surface area contributed by atoms with Crippen molar-refractivity contribution in [2.75, 3.05) is 25.7 Å². The van der Waals surface area contributed by atoms with Gasteiger partial charge in [0, 0.05) is 19.0 Å². The summed E-state index contributed by atoms with van der Waals surface area (Å²) in [5.41, 5.74) is -0.789. The number of methoxy groups -OCH3 is 2. The Hall–Kier alpha value is -4.32. The SMILES string of the molecule is C.C.COc1c(-c2ccc(C(F)(F)F)c3c2CCCS3(=O)=O)cnn(C)c1=O.COc1c(-c2ccc(C(F)(F)F)c3c2CCCS3)cnn(C)c1=O. The summed E-state index contributed by atoms with van der Waals surface area (Å²) < 4.78 is 117. The van der Waals surface area contributed by atoms with E-state index in [1.54, 1.807) is 0 Å². The standard InChI is InChI=1S/C16H15F3N2O4S.C16H15F3N2O2S.2CH4/c1-21-15(22)13(25-2)11(8-20-21)9-5-6-12(16(17,18)19)14-10(9)4-3-7-26(14,23)24;1-21-15(22)13(23-2)11(8-20-21)9-5-6-12(16(17,18)19)14-10(9)4-3-7-24-14;;/h5-6,8H,3-4,7H2,1-2H3;5-6,8H,3-4,7H2,1-2H3;2*1H4. The van der Waals surface area contributed by atoms with Crippen LogP contribution in [0.5, 0.6) is 11.5 Å². The summed E-state index contributed by atoms with van der Waals surface area (Å²) in [4.78, 5) is 23.9. The Balaban J connectivity index is 0.000000271. The molecule has 2 aromatic carbocycles. The Morgan fingerprint density at radius 2 is 1.17 bits per heavy atom. The molecule has 0 saturated heterocycles. The van der Waals surface area contributed by atoms with E-state index in [9.17, 15) is 44.3 Å². The van der Waals surface area contributed by atoms with Gasteiger partial charge in [-0.25, -0.2) is 17.8 Å². The lowest BCUT2D eigenvalue weighted by atomic mass is 9.94. The van der Waals surface area contributed by atoms with Gasteiger partial charge in [0.05, 0.1) is 59.5 Å². The molecule has 0 N–H and O–H groups in total. The fraction of sp³-hybridized carbons (Fsp3) is 0.412. The number of halogens is 6. The van der Waals surface area contributed by atoms with Gasteiger partial charge in [0.15, 0.2) is 21.3 Å². The van der Waals surface area contributed by atoms with Crippen LogP contribution < -0.4 is 20.6 Å². The number of sulfone groups is 1. The molecule has 10 nitrogen and oxygen atoms in total. The van der Waals surface area contributed by atoms with Crippen molar-refractivity contribution >= 4 is 21.6 Å². The quantitative estimate of drug-likeness (QED) is 0.202. The fourth-order valence-corrected chi connectivity index (χ4v) is 9.05. The molecule has 2 aromatic heterocycles. The molecule has 0 saturated carbocycles. The minimum atomic E-state index is -4.80. The second-order valence-corrected chi connectivity index (χ2v) is 14.5. The molecule has 4 aromatic rings. The van der Waals surface area contributed by atoms with Crippen LogP contribution in [0.3, 0.4) is 0 Å². The summed E-state index contributed by atoms with van der Waals surface area (Å²) in [5, 5.41) is 7.85. The summed E-state index contributed by atoms with van der Waals surface area (Å²) in [6, 6.07) is 4.38. The van der Waals surface area contributed by atoms with E-state index in [1.165, 1.54) is 64.6 Å². The second kappa shape index (κ2) is 15.7. The monoisotopic (exact) mass is 776 g/mol. The molecule has 0 fully saturated rings. The van der Waals surface area contributed by atoms with E-state index in [-0.39, 0.29) is 66.5 Å². The van der Waals surface area contributed by atoms with Gasteiger partial charge in [-0.15, -0.1) is 11.8 Å². The number of aryl methyl sites for hydroxylation is 2. The van der Waals surface area contributed by atoms with Gasteiger partial charge in [0.25, 0.3) is 0 Å². The van der Waals surface area contributed by atoms with Gasteiger partial charge in [-0.1, -0.05) is 27.0 Å². The Bertz CT molecular complexity index is 2200. The minimum absolute atomic E-state index is 0. The summed E-state index contributed by atoms with van der Waals surface area (Å²) in [7, 11) is 1.43. The average molecular weight is 777 g/mol. The van der Waals surface area contributed by atoms with Crippen molar-refractivity contribution < 1.29 is 44.2 Å². The van der Waals surface area contributed by atoms with Crippen LogP contribution in [0, 0.1) is 0 Å². The third-order valence-electron chi connectivity index (χ3n) is 8.27. The number of alkyl halides is 6. The number of rotatable bonds is 4. The number of hydrogen-bond donors (Lipinski definition) is 0. The zero-order valence-corrected chi connectivity index (χ0v) is 28.7. The number of nitrogens with zero attached hydrogens (tertiary/aromatic N) is 4. The van der Waals surface area contributed by atoms with Crippen LogP contribution in [0.1, 0.15) is 49.9 Å². The summed E-state index contributed by atoms with van der Waals surface area (Å²) in [6.45, 7) is 0. The minimum Gasteiger partial charge on any atom is -0.491 e. The van der Waals surface area contributed by atoms with Crippen molar-refractivity contribution in [3.05, 3.63) is 79.6 Å². The Labute approximate surface area is 300 Å². The van der Waals surface area contributed by atoms with Crippen LogP contribution in [0.15, 0.2) is 56.0 Å². The smallest absolute Gasteiger partial charge is 0.417 e. The van der Waals surface area contributed by atoms with Crippen molar-refractivity contribution in [1.82, 2.24) is 19.6 Å². The summed E-state index contributed by atoms with van der Waals surface area (Å²) in [6.07, 6.45) is -4.81. The van der Waals surface area contributed by atoms with Gasteiger partial charge in [-0.05, 0) is 65.8 Å². The first kappa shape index (κ1) is 42.1. The maximum absolute atomic E-state index is 13.4. The predicted molar refractivity (Wildman–Crippen MR) is 186 cm³/mol. The highest BCUT2D eigenvalue weighted by atomic mass is 32.2. The number of fused-ring (bicyclic) bond motifs is 2. The van der Waals surface area contributed by atoms with Gasteiger partial charge in [-0.2, -0.15) is 36.5 Å². The van der Waals surface area contributed by atoms with Crippen molar-refractivity contribution in [2.45, 2.75) is 62.7 Å². The normalized spacial score (nSPS) is 14.7. The molecule has 284 valence electrons. The fourth-order valence-electron chi connectivity index (χ4n) is 6.00. The Morgan fingerprint density at radius 1 is 0.712 bits per heavy atom. The highest BCUT2D eigenvalue weighted by Gasteiger charge is 2.41. The predicted octanol–water partition coefficient (Wildman–Crippen LogP) is 6.98. The van der Waals surface area contributed by atoms with Crippen LogP contribution in [-0.2, 0) is 49.1 Å². The van der Waals surface area contributed by atoms with Gasteiger partial charge in [0.2, 0.25) is 0 Å². The Morgan fingerprint density at radius 3 is 1.65 bits per heavy atom. The van der Waals surface area contributed by atoms with E-state index in [0.29, 0.717) is 28.9 Å². The van der Waals surface area contributed by atoms with Crippen molar-refractivity contribution in [1.29, 1.82) is 0 Å². The molecule has 2 aliphatic heterocycles. The molecule has 4 heterocycles. The highest BCUT2D eigenvalue weighted by molar-refractivity contribution is 7.99. The van der Waals surface area contributed by atoms with Crippen molar-refractivity contribution in [2.24, 2.45) is 14.1 Å². The van der Waals surface area contributed by atoms with Crippen LogP contribution >= 0.6 is 11.8 Å².